The minimum absolute atomic E-state index is 0.204. The predicted octanol–water partition coefficient (Wildman–Crippen LogP) is 8.65. The van der Waals surface area contributed by atoms with Crippen molar-refractivity contribution >= 4 is 57.9 Å². The maximum atomic E-state index is 11.5. The standard InChI is InChI=1S/C30H28Cl2N4O.C2H6/c1-18(9-11-33-17-22-5-4-21-15-24(31)6-7-25(21)22)23-13-19(2)29(26(32)16-23)34-12-10-20-3-8-27-28(14-20)36-30(37)35-27;1-2/h3,6-9,11-16,22H,4-5,10,17H2,1-2H3,(H2,35,36,37);1-2H3/b18-9+,33-11?,34-12?;. The quantitative estimate of drug-likeness (QED) is 0.218. The maximum absolute atomic E-state index is 11.5. The van der Waals surface area contributed by atoms with Crippen LogP contribution in [-0.4, -0.2) is 28.9 Å². The molecule has 1 aromatic heterocycles. The van der Waals surface area contributed by atoms with Crippen LogP contribution in [-0.2, 0) is 12.8 Å². The van der Waals surface area contributed by atoms with Gasteiger partial charge in [0.1, 0.15) is 0 Å². The van der Waals surface area contributed by atoms with Crippen molar-refractivity contribution in [3.05, 3.63) is 103 Å². The topological polar surface area (TPSA) is 73.4 Å². The Bertz CT molecular complexity index is 1590. The lowest BCUT2D eigenvalue weighted by atomic mass is 10.0. The molecule has 1 aliphatic carbocycles. The summed E-state index contributed by atoms with van der Waals surface area (Å²) in [7, 11) is 0. The van der Waals surface area contributed by atoms with Crippen molar-refractivity contribution in [3.8, 4) is 0 Å². The maximum Gasteiger partial charge on any atom is 0.323 e. The number of fused-ring (bicyclic) bond motifs is 2. The summed E-state index contributed by atoms with van der Waals surface area (Å²) < 4.78 is 0. The number of aliphatic imine (C=N–C) groups is 2. The van der Waals surface area contributed by atoms with Gasteiger partial charge in [0.05, 0.1) is 21.7 Å². The number of aryl methyl sites for hydroxylation is 2. The molecule has 0 spiro atoms. The van der Waals surface area contributed by atoms with Crippen molar-refractivity contribution in [2.75, 3.05) is 6.54 Å². The highest BCUT2D eigenvalue weighted by Gasteiger charge is 2.21. The Kier molecular flexibility index (Phi) is 9.60. The molecule has 7 heteroatoms. The third-order valence-electron chi connectivity index (χ3n) is 6.90. The second kappa shape index (κ2) is 13.1. The molecule has 0 aliphatic heterocycles. The fraction of sp³-hybridized carbons (Fsp3) is 0.281. The molecule has 1 heterocycles. The molecule has 202 valence electrons. The number of H-pyrrole nitrogens is 2. The van der Waals surface area contributed by atoms with E-state index in [1.54, 1.807) is 0 Å². The Morgan fingerprint density at radius 3 is 2.64 bits per heavy atom. The van der Waals surface area contributed by atoms with Crippen molar-refractivity contribution in [3.63, 3.8) is 0 Å². The number of halogens is 2. The first-order valence-electron chi connectivity index (χ1n) is 13.4. The first-order chi connectivity index (χ1) is 18.9. The summed E-state index contributed by atoms with van der Waals surface area (Å²) in [6.07, 6.45) is 8.60. The van der Waals surface area contributed by atoms with Gasteiger partial charge in [-0.05, 0) is 103 Å². The molecule has 4 aromatic rings. The second-order valence-corrected chi connectivity index (χ2v) is 10.4. The van der Waals surface area contributed by atoms with Crippen molar-refractivity contribution in [2.45, 2.75) is 52.9 Å². The van der Waals surface area contributed by atoms with Gasteiger partial charge in [0, 0.05) is 36.3 Å². The SMILES string of the molecule is C/C(=C\C=NCC1CCc2cc(Cl)ccc21)c1cc(C)c(N=CCc2ccc3[nH]c(=O)[nH]c3c2)c(Cl)c1.CC. The molecule has 0 saturated heterocycles. The highest BCUT2D eigenvalue weighted by molar-refractivity contribution is 6.33. The summed E-state index contributed by atoms with van der Waals surface area (Å²) in [5, 5.41) is 1.42. The van der Waals surface area contributed by atoms with Crippen molar-refractivity contribution in [2.24, 2.45) is 9.98 Å². The zero-order valence-corrected chi connectivity index (χ0v) is 24.3. The summed E-state index contributed by atoms with van der Waals surface area (Å²) in [6, 6.07) is 16.1. The van der Waals surface area contributed by atoms with Gasteiger partial charge in [0.25, 0.3) is 0 Å². The molecular weight excluding hydrogens is 527 g/mol. The van der Waals surface area contributed by atoms with Crippen LogP contribution in [0.3, 0.4) is 0 Å². The van der Waals surface area contributed by atoms with Crippen LogP contribution in [0.2, 0.25) is 10.0 Å². The van der Waals surface area contributed by atoms with Gasteiger partial charge in [0.15, 0.2) is 0 Å². The van der Waals surface area contributed by atoms with E-state index in [1.807, 2.05) is 69.6 Å². The van der Waals surface area contributed by atoms with Gasteiger partial charge >= 0.3 is 5.69 Å². The van der Waals surface area contributed by atoms with Gasteiger partial charge in [-0.25, -0.2) is 4.79 Å². The Hall–Kier alpha value is -3.41. The van der Waals surface area contributed by atoms with Crippen LogP contribution in [0.4, 0.5) is 5.69 Å². The smallest absolute Gasteiger partial charge is 0.306 e. The Morgan fingerprint density at radius 1 is 1.05 bits per heavy atom. The Balaban J connectivity index is 0.00000172. The van der Waals surface area contributed by atoms with E-state index >= 15 is 0 Å². The van der Waals surface area contributed by atoms with E-state index < -0.39 is 0 Å². The molecule has 39 heavy (non-hydrogen) atoms. The van der Waals surface area contributed by atoms with Gasteiger partial charge in [-0.15, -0.1) is 0 Å². The summed E-state index contributed by atoms with van der Waals surface area (Å²) in [5.41, 5.74) is 9.08. The minimum atomic E-state index is -0.204. The Morgan fingerprint density at radius 2 is 1.85 bits per heavy atom. The van der Waals surface area contributed by atoms with Crippen LogP contribution in [0.15, 0.2) is 69.4 Å². The summed E-state index contributed by atoms with van der Waals surface area (Å²) in [5.74, 6) is 0.457. The molecule has 0 bridgehead atoms. The zero-order valence-electron chi connectivity index (χ0n) is 22.8. The number of aromatic amines is 2. The highest BCUT2D eigenvalue weighted by atomic mass is 35.5. The lowest BCUT2D eigenvalue weighted by Gasteiger charge is -2.09. The summed E-state index contributed by atoms with van der Waals surface area (Å²) in [4.78, 5) is 26.3. The third kappa shape index (κ3) is 6.97. The third-order valence-corrected chi connectivity index (χ3v) is 7.42. The number of hydrogen-bond donors (Lipinski definition) is 2. The van der Waals surface area contributed by atoms with Crippen LogP contribution >= 0.6 is 23.2 Å². The van der Waals surface area contributed by atoms with Crippen LogP contribution in [0.25, 0.3) is 16.6 Å². The van der Waals surface area contributed by atoms with Crippen molar-refractivity contribution in [1.82, 2.24) is 9.97 Å². The van der Waals surface area contributed by atoms with Crippen LogP contribution in [0.1, 0.15) is 60.9 Å². The molecule has 1 atom stereocenters. The molecule has 0 saturated carbocycles. The van der Waals surface area contributed by atoms with Gasteiger partial charge in [0.2, 0.25) is 0 Å². The second-order valence-electron chi connectivity index (χ2n) is 9.54. The van der Waals surface area contributed by atoms with Crippen LogP contribution in [0, 0.1) is 6.92 Å². The largest absolute Gasteiger partial charge is 0.323 e. The fourth-order valence-electron chi connectivity index (χ4n) is 4.89. The highest BCUT2D eigenvalue weighted by Crippen LogP contribution is 2.35. The van der Waals surface area contributed by atoms with Crippen LogP contribution < -0.4 is 5.69 Å². The number of aromatic nitrogens is 2. The first kappa shape index (κ1) is 28.6. The molecule has 0 fully saturated rings. The normalized spacial score (nSPS) is 15.2. The van der Waals surface area contributed by atoms with E-state index in [2.05, 4.69) is 45.1 Å². The molecule has 3 aromatic carbocycles. The molecule has 1 aliphatic rings. The summed E-state index contributed by atoms with van der Waals surface area (Å²) >= 11 is 12.7. The lowest BCUT2D eigenvalue weighted by molar-refractivity contribution is 0.691. The van der Waals surface area contributed by atoms with Gasteiger partial charge in [-0.1, -0.05) is 49.2 Å². The van der Waals surface area contributed by atoms with E-state index in [-0.39, 0.29) is 5.69 Å². The van der Waals surface area contributed by atoms with Crippen LogP contribution in [0.5, 0.6) is 0 Å². The van der Waals surface area contributed by atoms with E-state index in [0.717, 1.165) is 63.4 Å². The zero-order chi connectivity index (χ0) is 27.9. The van der Waals surface area contributed by atoms with E-state index in [0.29, 0.717) is 17.4 Å². The number of imidazole rings is 1. The number of allylic oxidation sites excluding steroid dienone is 2. The summed E-state index contributed by atoms with van der Waals surface area (Å²) in [6.45, 7) is 8.86. The molecule has 0 amide bonds. The average Bonchev–Trinajstić information content (AvgIpc) is 3.50. The lowest BCUT2D eigenvalue weighted by Crippen LogP contribution is -1.99. The van der Waals surface area contributed by atoms with E-state index in [1.165, 1.54) is 11.1 Å². The number of nitrogens with zero attached hydrogens (tertiary/aromatic N) is 2. The number of benzene rings is 3. The molecular formula is C32H34Cl2N4O. The molecule has 0 radical (unpaired) electrons. The van der Waals surface area contributed by atoms with Crippen molar-refractivity contribution < 1.29 is 0 Å². The molecule has 5 rings (SSSR count). The van der Waals surface area contributed by atoms with Crippen molar-refractivity contribution in [1.29, 1.82) is 0 Å². The van der Waals surface area contributed by atoms with E-state index in [4.69, 9.17) is 23.2 Å². The first-order valence-corrected chi connectivity index (χ1v) is 14.1. The monoisotopic (exact) mass is 560 g/mol. The molecule has 5 nitrogen and oxygen atoms in total. The van der Waals surface area contributed by atoms with Gasteiger partial charge in [-0.2, -0.15) is 0 Å². The van der Waals surface area contributed by atoms with E-state index in [9.17, 15) is 4.79 Å². The minimum Gasteiger partial charge on any atom is -0.306 e. The fourth-order valence-corrected chi connectivity index (χ4v) is 5.40. The number of hydrogen-bond acceptors (Lipinski definition) is 3. The number of nitrogens with one attached hydrogen (secondary N) is 2. The average molecular weight is 562 g/mol. The number of rotatable bonds is 7. The van der Waals surface area contributed by atoms with Gasteiger partial charge in [-0.3, -0.25) is 9.98 Å². The van der Waals surface area contributed by atoms with Gasteiger partial charge < -0.3 is 9.97 Å². The predicted molar refractivity (Wildman–Crippen MR) is 168 cm³/mol. The molecule has 1 unspecified atom stereocenters. The molecule has 2 N–H and O–H groups in total. The Labute approximate surface area is 239 Å².